The lowest BCUT2D eigenvalue weighted by Crippen LogP contribution is -2.09. The van der Waals surface area contributed by atoms with Gasteiger partial charge in [-0.3, -0.25) is 14.3 Å². The Morgan fingerprint density at radius 1 is 0.684 bits per heavy atom. The van der Waals surface area contributed by atoms with E-state index < -0.39 is 16.0 Å². The Labute approximate surface area is 215 Å². The van der Waals surface area contributed by atoms with Gasteiger partial charge in [-0.1, -0.05) is 24.3 Å². The number of anilines is 1. The molecule has 10 heteroatoms. The topological polar surface area (TPSA) is 149 Å². The highest BCUT2D eigenvalue weighted by molar-refractivity contribution is 7.92. The van der Waals surface area contributed by atoms with Crippen LogP contribution in [0.5, 0.6) is 0 Å². The maximum Gasteiger partial charge on any atom is 0.335 e. The van der Waals surface area contributed by atoms with E-state index >= 15 is 0 Å². The fourth-order valence-corrected chi connectivity index (χ4v) is 4.80. The summed E-state index contributed by atoms with van der Waals surface area (Å²) in [4.78, 5) is 42.5. The predicted molar refractivity (Wildman–Crippen MR) is 150 cm³/mol. The zero-order chi connectivity index (χ0) is 27.0. The second kappa shape index (κ2) is 9.49. The number of aromatic nitrogens is 2. The van der Waals surface area contributed by atoms with Crippen molar-refractivity contribution in [2.45, 2.75) is 0 Å². The van der Waals surface area contributed by atoms with Crippen molar-refractivity contribution in [3.05, 3.63) is 111 Å². The first-order valence-corrected chi connectivity index (χ1v) is 13.3. The molecule has 0 aliphatic carbocycles. The molecule has 4 N–H and O–H groups in total. The number of aromatic carboxylic acids is 1. The summed E-state index contributed by atoms with van der Waals surface area (Å²) >= 11 is 0. The number of nitrogens with one attached hydrogen (secondary N) is 3. The predicted octanol–water partition coefficient (Wildman–Crippen LogP) is 4.43. The quantitative estimate of drug-likeness (QED) is 0.250. The van der Waals surface area contributed by atoms with Gasteiger partial charge < -0.3 is 15.1 Å². The number of carbonyl (C=O) groups is 1. The van der Waals surface area contributed by atoms with Crippen molar-refractivity contribution in [2.24, 2.45) is 0 Å². The van der Waals surface area contributed by atoms with Gasteiger partial charge in [0.05, 0.1) is 22.9 Å². The van der Waals surface area contributed by atoms with Crippen molar-refractivity contribution in [3.63, 3.8) is 0 Å². The van der Waals surface area contributed by atoms with Crippen LogP contribution in [0.1, 0.15) is 10.4 Å². The van der Waals surface area contributed by atoms with Crippen molar-refractivity contribution in [2.75, 3.05) is 11.0 Å². The van der Waals surface area contributed by atoms with Crippen LogP contribution in [-0.2, 0) is 10.0 Å². The molecule has 0 saturated carbocycles. The number of benzene rings is 4. The number of carboxylic acids is 1. The zero-order valence-corrected chi connectivity index (χ0v) is 20.8. The molecular weight excluding hydrogens is 506 g/mol. The molecule has 4 aromatic carbocycles. The molecule has 2 heterocycles. The van der Waals surface area contributed by atoms with E-state index in [1.54, 1.807) is 24.3 Å². The molecule has 0 atom stereocenters. The Hall–Kier alpha value is -4.96. The maximum absolute atomic E-state index is 12.8. The fourth-order valence-electron chi connectivity index (χ4n) is 4.24. The normalized spacial score (nSPS) is 11.4. The third-order valence-electron chi connectivity index (χ3n) is 5.96. The van der Waals surface area contributed by atoms with Gasteiger partial charge in [-0.2, -0.15) is 0 Å². The first kappa shape index (κ1) is 24.7. The zero-order valence-electron chi connectivity index (χ0n) is 20.0. The van der Waals surface area contributed by atoms with Crippen LogP contribution in [-0.4, -0.2) is 35.7 Å². The van der Waals surface area contributed by atoms with Crippen LogP contribution in [0.3, 0.4) is 0 Å². The molecule has 2 aromatic heterocycles. The number of carboxylic acid groups (broad SMARTS) is 1. The van der Waals surface area contributed by atoms with Crippen molar-refractivity contribution in [1.29, 1.82) is 0 Å². The molecular formula is C28H21N3O6S. The highest BCUT2D eigenvalue weighted by Gasteiger charge is 2.10. The largest absolute Gasteiger partial charge is 0.478 e. The van der Waals surface area contributed by atoms with Gasteiger partial charge in [0, 0.05) is 38.3 Å². The molecule has 0 unspecified atom stereocenters. The van der Waals surface area contributed by atoms with Gasteiger partial charge in [-0.15, -0.1) is 0 Å². The summed E-state index contributed by atoms with van der Waals surface area (Å²) in [5.74, 6) is -1.05. The van der Waals surface area contributed by atoms with Gasteiger partial charge in [-0.25, -0.2) is 13.2 Å². The van der Waals surface area contributed by atoms with Crippen molar-refractivity contribution < 1.29 is 18.3 Å². The van der Waals surface area contributed by atoms with Crippen LogP contribution in [0.2, 0.25) is 0 Å². The molecule has 0 aliphatic rings. The van der Waals surface area contributed by atoms with E-state index in [1.807, 2.05) is 36.4 Å². The summed E-state index contributed by atoms with van der Waals surface area (Å²) in [5.41, 5.74) is 3.28. The Bertz CT molecular complexity index is 1990. The van der Waals surface area contributed by atoms with E-state index in [0.717, 1.165) is 17.3 Å². The summed E-state index contributed by atoms with van der Waals surface area (Å²) in [5, 5.41) is 11.0. The number of sulfonamides is 1. The molecule has 0 radical (unpaired) electrons. The van der Waals surface area contributed by atoms with Gasteiger partial charge >= 0.3 is 5.97 Å². The minimum atomic E-state index is -3.31. The molecule has 0 spiro atoms. The van der Waals surface area contributed by atoms with Gasteiger partial charge in [0.15, 0.2) is 10.9 Å². The number of para-hydroxylation sites is 2. The van der Waals surface area contributed by atoms with Crippen molar-refractivity contribution in [1.82, 2.24) is 9.97 Å². The van der Waals surface area contributed by atoms with Crippen LogP contribution in [0.15, 0.2) is 94.5 Å². The number of fused-ring (bicyclic) bond motifs is 4. The van der Waals surface area contributed by atoms with E-state index in [0.29, 0.717) is 38.3 Å². The summed E-state index contributed by atoms with van der Waals surface area (Å²) in [6.45, 7) is 0. The molecule has 6 aromatic rings. The number of hydrogen-bond acceptors (Lipinski definition) is 5. The SMILES string of the molecule is CS(=O)(=O)Nc1ccc(C(=O)O)cc1.O=c1c2ccccc2[nH]c2cc3c(=O)c4ccccc4[nH]c3cc12. The van der Waals surface area contributed by atoms with E-state index in [4.69, 9.17) is 5.11 Å². The van der Waals surface area contributed by atoms with Crippen LogP contribution < -0.4 is 15.6 Å². The average molecular weight is 528 g/mol. The molecule has 0 aliphatic heterocycles. The van der Waals surface area contributed by atoms with E-state index in [-0.39, 0.29) is 16.4 Å². The average Bonchev–Trinajstić information content (AvgIpc) is 2.88. The van der Waals surface area contributed by atoms with Gasteiger partial charge in [0.2, 0.25) is 10.0 Å². The first-order chi connectivity index (χ1) is 18.1. The van der Waals surface area contributed by atoms with Crippen LogP contribution in [0.4, 0.5) is 5.69 Å². The molecule has 9 nitrogen and oxygen atoms in total. The van der Waals surface area contributed by atoms with Crippen LogP contribution in [0, 0.1) is 0 Å². The third-order valence-corrected chi connectivity index (χ3v) is 6.57. The van der Waals surface area contributed by atoms with Gasteiger partial charge in [0.1, 0.15) is 0 Å². The lowest BCUT2D eigenvalue weighted by atomic mass is 10.1. The minimum absolute atomic E-state index is 0.0322. The molecule has 6 rings (SSSR count). The summed E-state index contributed by atoms with van der Waals surface area (Å²) in [6, 6.07) is 23.8. The Balaban J connectivity index is 0.000000181. The minimum Gasteiger partial charge on any atom is -0.478 e. The molecule has 0 amide bonds. The fraction of sp³-hybridized carbons (Fsp3) is 0.0357. The number of aromatic amines is 2. The van der Waals surface area contributed by atoms with Gasteiger partial charge in [0.25, 0.3) is 0 Å². The Morgan fingerprint density at radius 3 is 1.55 bits per heavy atom. The lowest BCUT2D eigenvalue weighted by molar-refractivity contribution is 0.0697. The van der Waals surface area contributed by atoms with Gasteiger partial charge in [-0.05, 0) is 60.7 Å². The second-order valence-electron chi connectivity index (χ2n) is 8.70. The first-order valence-electron chi connectivity index (χ1n) is 11.4. The second-order valence-corrected chi connectivity index (χ2v) is 10.4. The highest BCUT2D eigenvalue weighted by atomic mass is 32.2. The lowest BCUT2D eigenvalue weighted by Gasteiger charge is -2.06. The van der Waals surface area contributed by atoms with Crippen molar-refractivity contribution >= 4 is 65.3 Å². The van der Waals surface area contributed by atoms with Crippen LogP contribution in [0.25, 0.3) is 43.6 Å². The van der Waals surface area contributed by atoms with E-state index in [2.05, 4.69) is 14.7 Å². The van der Waals surface area contributed by atoms with Crippen molar-refractivity contribution in [3.8, 4) is 0 Å². The summed E-state index contributed by atoms with van der Waals surface area (Å²) in [6.07, 6.45) is 1.03. The Morgan fingerprint density at radius 2 is 1.13 bits per heavy atom. The monoisotopic (exact) mass is 527 g/mol. The standard InChI is InChI=1S/C20H12N2O2.C8H9NO4S/c23-19-11-5-1-3-7-15(11)21-17-10-14-18(9-13(17)19)22-16-8-4-2-6-12(16)20(14)24;1-14(12,13)9-7-4-2-6(3-5-7)8(10)11/h1-10H,(H,21,23)(H,22,24);2-5,9H,1H3,(H,10,11). The highest BCUT2D eigenvalue weighted by Crippen LogP contribution is 2.21. The van der Waals surface area contributed by atoms with Crippen LogP contribution >= 0.6 is 0 Å². The van der Waals surface area contributed by atoms with E-state index in [9.17, 15) is 22.8 Å². The molecule has 190 valence electrons. The molecule has 0 fully saturated rings. The third kappa shape index (κ3) is 4.84. The molecule has 0 saturated heterocycles. The molecule has 0 bridgehead atoms. The number of pyridine rings is 2. The van der Waals surface area contributed by atoms with E-state index in [1.165, 1.54) is 24.3 Å². The smallest absolute Gasteiger partial charge is 0.335 e. The summed E-state index contributed by atoms with van der Waals surface area (Å²) in [7, 11) is -3.31. The number of hydrogen-bond donors (Lipinski definition) is 4. The summed E-state index contributed by atoms with van der Waals surface area (Å²) < 4.78 is 23.8. The maximum atomic E-state index is 12.8. The molecule has 38 heavy (non-hydrogen) atoms. The number of rotatable bonds is 3. The Kier molecular flexibility index (Phi) is 6.17. The number of H-pyrrole nitrogens is 2.